The largest absolute Gasteiger partial charge is 0.417 e. The second kappa shape index (κ2) is 6.20. The standard InChI is InChI=1S/C16H10F5N3OS/c1-6-5-7(16(19,20)21)10-12(22)13(26-15(10)23-6)14(25)24-9-4-2-3-8(17)11(9)18/h2-5H,22H2,1H3,(H,24,25). The lowest BCUT2D eigenvalue weighted by molar-refractivity contribution is -0.136. The number of nitrogens with zero attached hydrogens (tertiary/aromatic N) is 1. The minimum absolute atomic E-state index is 0.0697. The summed E-state index contributed by atoms with van der Waals surface area (Å²) >= 11 is 0.641. The maximum atomic E-state index is 13.7. The van der Waals surface area contributed by atoms with E-state index < -0.39 is 46.0 Å². The minimum atomic E-state index is -4.69. The number of hydrogen-bond acceptors (Lipinski definition) is 4. The number of nitrogens with one attached hydrogen (secondary N) is 1. The van der Waals surface area contributed by atoms with Crippen LogP contribution in [0.1, 0.15) is 20.9 Å². The molecule has 0 saturated heterocycles. The van der Waals surface area contributed by atoms with Crippen LogP contribution in [-0.2, 0) is 6.18 Å². The van der Waals surface area contributed by atoms with Crippen molar-refractivity contribution in [2.45, 2.75) is 13.1 Å². The van der Waals surface area contributed by atoms with Gasteiger partial charge < -0.3 is 11.1 Å². The van der Waals surface area contributed by atoms with E-state index in [0.717, 1.165) is 18.2 Å². The molecule has 26 heavy (non-hydrogen) atoms. The molecule has 0 aliphatic heterocycles. The predicted molar refractivity (Wildman–Crippen MR) is 88.1 cm³/mol. The zero-order valence-corrected chi connectivity index (χ0v) is 13.9. The van der Waals surface area contributed by atoms with E-state index in [0.29, 0.717) is 11.3 Å². The number of pyridine rings is 1. The van der Waals surface area contributed by atoms with E-state index in [1.165, 1.54) is 13.0 Å². The van der Waals surface area contributed by atoms with E-state index >= 15 is 0 Å². The predicted octanol–water partition coefficient (Wildman–Crippen LogP) is 4.74. The molecule has 3 N–H and O–H groups in total. The van der Waals surface area contributed by atoms with E-state index in [2.05, 4.69) is 10.3 Å². The third-order valence-electron chi connectivity index (χ3n) is 3.54. The van der Waals surface area contributed by atoms with Crippen LogP contribution < -0.4 is 11.1 Å². The quantitative estimate of drug-likeness (QED) is 0.625. The molecule has 0 saturated carbocycles. The summed E-state index contributed by atoms with van der Waals surface area (Å²) in [6.45, 7) is 1.38. The second-order valence-electron chi connectivity index (χ2n) is 5.39. The van der Waals surface area contributed by atoms with Gasteiger partial charge in [-0.15, -0.1) is 11.3 Å². The molecule has 3 rings (SSSR count). The number of nitrogens with two attached hydrogens (primary N) is 1. The van der Waals surface area contributed by atoms with Gasteiger partial charge in [-0.25, -0.2) is 13.8 Å². The molecule has 2 heterocycles. The van der Waals surface area contributed by atoms with Crippen LogP contribution in [0.25, 0.3) is 10.2 Å². The Morgan fingerprint density at radius 1 is 1.27 bits per heavy atom. The molecule has 10 heteroatoms. The fourth-order valence-electron chi connectivity index (χ4n) is 2.42. The van der Waals surface area contributed by atoms with Crippen LogP contribution in [0, 0.1) is 18.6 Å². The second-order valence-corrected chi connectivity index (χ2v) is 6.39. The van der Waals surface area contributed by atoms with Crippen LogP contribution in [0.5, 0.6) is 0 Å². The zero-order chi connectivity index (χ0) is 19.2. The molecule has 0 radical (unpaired) electrons. The van der Waals surface area contributed by atoms with Gasteiger partial charge in [0.2, 0.25) is 0 Å². The number of carbonyl (C=O) groups excluding carboxylic acids is 1. The van der Waals surface area contributed by atoms with Crippen LogP contribution in [0.3, 0.4) is 0 Å². The number of thiophene rings is 1. The molecule has 3 aromatic rings. The number of carbonyl (C=O) groups is 1. The topological polar surface area (TPSA) is 68.0 Å². The third-order valence-corrected chi connectivity index (χ3v) is 4.64. The molecule has 2 aromatic heterocycles. The summed E-state index contributed by atoms with van der Waals surface area (Å²) in [6, 6.07) is 3.98. The normalized spacial score (nSPS) is 11.8. The van der Waals surface area contributed by atoms with Crippen molar-refractivity contribution >= 4 is 38.8 Å². The summed E-state index contributed by atoms with van der Waals surface area (Å²) < 4.78 is 66.7. The molecule has 0 aliphatic carbocycles. The lowest BCUT2D eigenvalue weighted by Crippen LogP contribution is -2.14. The molecule has 1 aromatic carbocycles. The lowest BCUT2D eigenvalue weighted by atomic mass is 10.1. The Kier molecular flexibility index (Phi) is 4.31. The summed E-state index contributed by atoms with van der Waals surface area (Å²) in [6.07, 6.45) is -4.69. The molecular formula is C16H10F5N3OS. The SMILES string of the molecule is Cc1cc(C(F)(F)F)c2c(N)c(C(=O)Nc3cccc(F)c3F)sc2n1. The number of aryl methyl sites for hydroxylation is 1. The van der Waals surface area contributed by atoms with Crippen molar-refractivity contribution in [2.75, 3.05) is 11.1 Å². The highest BCUT2D eigenvalue weighted by atomic mass is 32.1. The first-order chi connectivity index (χ1) is 12.1. The number of halogens is 5. The van der Waals surface area contributed by atoms with E-state index in [1.54, 1.807) is 0 Å². The van der Waals surface area contributed by atoms with Gasteiger partial charge in [0.05, 0.1) is 16.9 Å². The van der Waals surface area contributed by atoms with E-state index in [9.17, 15) is 26.7 Å². The Labute approximate surface area is 147 Å². The van der Waals surface area contributed by atoms with Crippen molar-refractivity contribution in [1.29, 1.82) is 0 Å². The lowest BCUT2D eigenvalue weighted by Gasteiger charge is -2.09. The summed E-state index contributed by atoms with van der Waals surface area (Å²) in [5, 5.41) is 1.72. The van der Waals surface area contributed by atoms with Gasteiger partial charge in [0.15, 0.2) is 11.6 Å². The average Bonchev–Trinajstić information content (AvgIpc) is 2.87. The number of alkyl halides is 3. The van der Waals surface area contributed by atoms with Gasteiger partial charge >= 0.3 is 6.18 Å². The van der Waals surface area contributed by atoms with Gasteiger partial charge in [-0.1, -0.05) is 6.07 Å². The van der Waals surface area contributed by atoms with Crippen molar-refractivity contribution in [1.82, 2.24) is 4.98 Å². The van der Waals surface area contributed by atoms with Crippen LogP contribution in [0.2, 0.25) is 0 Å². The Morgan fingerprint density at radius 3 is 2.62 bits per heavy atom. The molecule has 0 atom stereocenters. The van der Waals surface area contributed by atoms with Crippen molar-refractivity contribution in [2.24, 2.45) is 0 Å². The molecule has 0 fully saturated rings. The maximum Gasteiger partial charge on any atom is 0.417 e. The molecule has 1 amide bonds. The third kappa shape index (κ3) is 3.07. The van der Waals surface area contributed by atoms with Crippen molar-refractivity contribution < 1.29 is 26.7 Å². The molecule has 0 unspecified atom stereocenters. The van der Waals surface area contributed by atoms with E-state index in [1.807, 2.05) is 0 Å². The van der Waals surface area contributed by atoms with Crippen molar-refractivity contribution in [3.05, 3.63) is 52.0 Å². The smallest absolute Gasteiger partial charge is 0.397 e. The highest BCUT2D eigenvalue weighted by Gasteiger charge is 2.36. The first-order valence-corrected chi connectivity index (χ1v) is 7.93. The van der Waals surface area contributed by atoms with Gasteiger partial charge in [0.25, 0.3) is 5.91 Å². The highest BCUT2D eigenvalue weighted by Crippen LogP contribution is 2.42. The van der Waals surface area contributed by atoms with Crippen molar-refractivity contribution in [3.63, 3.8) is 0 Å². The van der Waals surface area contributed by atoms with Gasteiger partial charge in [-0.2, -0.15) is 13.2 Å². The maximum absolute atomic E-state index is 13.7. The molecule has 4 nitrogen and oxygen atoms in total. The van der Waals surface area contributed by atoms with Crippen LogP contribution in [0.4, 0.5) is 33.3 Å². The minimum Gasteiger partial charge on any atom is -0.397 e. The van der Waals surface area contributed by atoms with Gasteiger partial charge in [0.1, 0.15) is 9.71 Å². The van der Waals surface area contributed by atoms with E-state index in [4.69, 9.17) is 5.73 Å². The average molecular weight is 387 g/mol. The molecule has 0 aliphatic rings. The number of anilines is 2. The van der Waals surface area contributed by atoms with Crippen molar-refractivity contribution in [3.8, 4) is 0 Å². The monoisotopic (exact) mass is 387 g/mol. The number of nitrogen functional groups attached to an aromatic ring is 1. The molecule has 136 valence electrons. The number of aromatic nitrogens is 1. The number of amides is 1. The number of fused-ring (bicyclic) bond motifs is 1. The summed E-state index contributed by atoms with van der Waals surface area (Å²) in [5.41, 5.74) is 3.98. The Balaban J connectivity index is 2.10. The van der Waals surface area contributed by atoms with Gasteiger partial charge in [-0.3, -0.25) is 4.79 Å². The van der Waals surface area contributed by atoms with Crippen LogP contribution >= 0.6 is 11.3 Å². The highest BCUT2D eigenvalue weighted by molar-refractivity contribution is 7.21. The number of hydrogen-bond donors (Lipinski definition) is 2. The molecule has 0 bridgehead atoms. The summed E-state index contributed by atoms with van der Waals surface area (Å²) in [4.78, 5) is 16.0. The molecule has 0 spiro atoms. The Morgan fingerprint density at radius 2 is 1.96 bits per heavy atom. The van der Waals surface area contributed by atoms with Gasteiger partial charge in [-0.05, 0) is 25.1 Å². The van der Waals surface area contributed by atoms with Crippen LogP contribution in [0.15, 0.2) is 24.3 Å². The fraction of sp³-hybridized carbons (Fsp3) is 0.125. The van der Waals surface area contributed by atoms with E-state index in [-0.39, 0.29) is 15.4 Å². The number of benzene rings is 1. The summed E-state index contributed by atoms with van der Waals surface area (Å²) in [7, 11) is 0. The zero-order valence-electron chi connectivity index (χ0n) is 13.0. The first kappa shape index (κ1) is 18.1. The summed E-state index contributed by atoms with van der Waals surface area (Å²) in [5.74, 6) is -3.42. The Hall–Kier alpha value is -2.75. The fourth-order valence-corrected chi connectivity index (χ4v) is 3.48. The Bertz CT molecular complexity index is 1030. The number of rotatable bonds is 2. The van der Waals surface area contributed by atoms with Gasteiger partial charge in [0, 0.05) is 11.1 Å². The first-order valence-electron chi connectivity index (χ1n) is 7.11. The van der Waals surface area contributed by atoms with Crippen LogP contribution in [-0.4, -0.2) is 10.9 Å². The molecular weight excluding hydrogens is 377 g/mol.